The molecule has 0 unspecified atom stereocenters. The van der Waals surface area contributed by atoms with Crippen molar-refractivity contribution in [2.45, 2.75) is 26.4 Å². The van der Waals surface area contributed by atoms with Crippen LogP contribution in [0.25, 0.3) is 11.3 Å². The molecule has 3 nitrogen and oxygen atoms in total. The van der Waals surface area contributed by atoms with Gasteiger partial charge < -0.3 is 4.74 Å². The molecule has 0 aliphatic carbocycles. The lowest BCUT2D eigenvalue weighted by atomic mass is 10.1. The molecule has 1 aromatic carbocycles. The standard InChI is InChI=1S/C15H15ClFNO2/c1-15(2,3)20-14(19)18-8-4-5-13(18)10-6-7-11(16)12(17)9-10/h4-9H,1-3H3. The fraction of sp³-hybridized carbons (Fsp3) is 0.267. The molecule has 0 radical (unpaired) electrons. The summed E-state index contributed by atoms with van der Waals surface area (Å²) in [7, 11) is 0. The number of carbonyl (C=O) groups is 1. The Morgan fingerprint density at radius 2 is 2.00 bits per heavy atom. The van der Waals surface area contributed by atoms with Crippen LogP contribution in [0.1, 0.15) is 20.8 Å². The van der Waals surface area contributed by atoms with Crippen molar-refractivity contribution in [1.29, 1.82) is 0 Å². The molecule has 0 fully saturated rings. The van der Waals surface area contributed by atoms with Gasteiger partial charge in [-0.2, -0.15) is 0 Å². The van der Waals surface area contributed by atoms with E-state index in [1.807, 2.05) is 0 Å². The van der Waals surface area contributed by atoms with E-state index in [0.29, 0.717) is 11.3 Å². The summed E-state index contributed by atoms with van der Waals surface area (Å²) >= 11 is 5.66. The fourth-order valence-electron chi connectivity index (χ4n) is 1.74. The van der Waals surface area contributed by atoms with Crippen molar-refractivity contribution in [1.82, 2.24) is 4.57 Å². The number of hydrogen-bond donors (Lipinski definition) is 0. The van der Waals surface area contributed by atoms with Gasteiger partial charge >= 0.3 is 6.09 Å². The molecule has 2 aromatic rings. The van der Waals surface area contributed by atoms with Crippen molar-refractivity contribution in [3.8, 4) is 11.3 Å². The molecule has 0 saturated carbocycles. The molecule has 0 spiro atoms. The van der Waals surface area contributed by atoms with E-state index in [9.17, 15) is 9.18 Å². The van der Waals surface area contributed by atoms with Crippen LogP contribution in [0.2, 0.25) is 5.02 Å². The molecule has 0 N–H and O–H groups in total. The summed E-state index contributed by atoms with van der Waals surface area (Å²) in [6.45, 7) is 5.36. The van der Waals surface area contributed by atoms with E-state index in [1.54, 1.807) is 45.2 Å². The Morgan fingerprint density at radius 1 is 1.30 bits per heavy atom. The average Bonchev–Trinajstić information content (AvgIpc) is 2.79. The van der Waals surface area contributed by atoms with Crippen LogP contribution in [-0.2, 0) is 4.74 Å². The first-order valence-corrected chi connectivity index (χ1v) is 6.52. The Hall–Kier alpha value is -1.81. The molecule has 1 aromatic heterocycles. The number of carbonyl (C=O) groups excluding carboxylic acids is 1. The molecule has 2 rings (SSSR count). The molecule has 106 valence electrons. The Kier molecular flexibility index (Phi) is 3.86. The van der Waals surface area contributed by atoms with Crippen LogP contribution in [-0.4, -0.2) is 16.3 Å². The van der Waals surface area contributed by atoms with Crippen LogP contribution in [0.5, 0.6) is 0 Å². The molecular weight excluding hydrogens is 281 g/mol. The van der Waals surface area contributed by atoms with Gasteiger partial charge in [-0.25, -0.2) is 9.18 Å². The topological polar surface area (TPSA) is 31.2 Å². The molecule has 20 heavy (non-hydrogen) atoms. The van der Waals surface area contributed by atoms with E-state index in [-0.39, 0.29) is 5.02 Å². The van der Waals surface area contributed by atoms with Gasteiger partial charge in [0.1, 0.15) is 11.4 Å². The number of halogens is 2. The zero-order chi connectivity index (χ0) is 14.9. The Labute approximate surface area is 121 Å². The van der Waals surface area contributed by atoms with E-state index in [1.165, 1.54) is 16.7 Å². The second-order valence-electron chi connectivity index (χ2n) is 5.37. The molecule has 0 saturated heterocycles. The van der Waals surface area contributed by atoms with Crippen LogP contribution < -0.4 is 0 Å². The normalized spacial score (nSPS) is 11.4. The van der Waals surface area contributed by atoms with Gasteiger partial charge in [0.15, 0.2) is 0 Å². The summed E-state index contributed by atoms with van der Waals surface area (Å²) in [6.07, 6.45) is 1.07. The van der Waals surface area contributed by atoms with Crippen LogP contribution in [0.15, 0.2) is 36.5 Å². The maximum Gasteiger partial charge on any atom is 0.418 e. The van der Waals surface area contributed by atoms with Gasteiger partial charge in [-0.05, 0) is 45.0 Å². The van der Waals surface area contributed by atoms with Gasteiger partial charge in [0.05, 0.1) is 10.7 Å². The Balaban J connectivity index is 2.37. The molecule has 1 heterocycles. The third-order valence-corrected chi connectivity index (χ3v) is 2.86. The highest BCUT2D eigenvalue weighted by molar-refractivity contribution is 6.30. The summed E-state index contributed by atoms with van der Waals surface area (Å²) < 4.78 is 20.2. The van der Waals surface area contributed by atoms with Crippen molar-refractivity contribution >= 4 is 17.7 Å². The highest BCUT2D eigenvalue weighted by Crippen LogP contribution is 2.25. The summed E-state index contributed by atoms with van der Waals surface area (Å²) in [5.74, 6) is -0.527. The molecule has 5 heteroatoms. The van der Waals surface area contributed by atoms with Crippen LogP contribution >= 0.6 is 11.6 Å². The van der Waals surface area contributed by atoms with Crippen molar-refractivity contribution < 1.29 is 13.9 Å². The van der Waals surface area contributed by atoms with E-state index < -0.39 is 17.5 Å². The lowest BCUT2D eigenvalue weighted by Crippen LogP contribution is -2.27. The first-order chi connectivity index (χ1) is 9.28. The zero-order valence-corrected chi connectivity index (χ0v) is 12.2. The first-order valence-electron chi connectivity index (χ1n) is 6.14. The fourth-order valence-corrected chi connectivity index (χ4v) is 1.86. The van der Waals surface area contributed by atoms with Crippen LogP contribution in [0.3, 0.4) is 0 Å². The number of hydrogen-bond acceptors (Lipinski definition) is 2. The lowest BCUT2D eigenvalue weighted by molar-refractivity contribution is 0.0540. The lowest BCUT2D eigenvalue weighted by Gasteiger charge is -2.20. The van der Waals surface area contributed by atoms with Crippen LogP contribution in [0, 0.1) is 5.82 Å². The molecule has 0 aliphatic rings. The van der Waals surface area contributed by atoms with Crippen molar-refractivity contribution in [2.75, 3.05) is 0 Å². The third-order valence-electron chi connectivity index (χ3n) is 2.55. The highest BCUT2D eigenvalue weighted by atomic mass is 35.5. The summed E-state index contributed by atoms with van der Waals surface area (Å²) in [5.41, 5.74) is 0.515. The third kappa shape index (κ3) is 3.20. The van der Waals surface area contributed by atoms with E-state index in [0.717, 1.165) is 0 Å². The van der Waals surface area contributed by atoms with Crippen molar-refractivity contribution in [3.05, 3.63) is 47.4 Å². The largest absolute Gasteiger partial charge is 0.443 e. The van der Waals surface area contributed by atoms with Gasteiger partial charge in [0.2, 0.25) is 0 Å². The molecular formula is C15H15ClFNO2. The summed E-state index contributed by atoms with van der Waals surface area (Å²) in [5, 5.41) is 0.0455. The number of ether oxygens (including phenoxy) is 1. The minimum Gasteiger partial charge on any atom is -0.443 e. The van der Waals surface area contributed by atoms with E-state index in [4.69, 9.17) is 16.3 Å². The van der Waals surface area contributed by atoms with E-state index >= 15 is 0 Å². The first kappa shape index (κ1) is 14.6. The Morgan fingerprint density at radius 3 is 2.60 bits per heavy atom. The highest BCUT2D eigenvalue weighted by Gasteiger charge is 2.20. The van der Waals surface area contributed by atoms with E-state index in [2.05, 4.69) is 0 Å². The monoisotopic (exact) mass is 295 g/mol. The van der Waals surface area contributed by atoms with Crippen molar-refractivity contribution in [3.63, 3.8) is 0 Å². The summed E-state index contributed by atoms with van der Waals surface area (Å²) in [6, 6.07) is 7.82. The maximum atomic E-state index is 13.5. The summed E-state index contributed by atoms with van der Waals surface area (Å²) in [4.78, 5) is 12.1. The minimum absolute atomic E-state index is 0.0455. The SMILES string of the molecule is CC(C)(C)OC(=O)n1cccc1-c1ccc(Cl)c(F)c1. The van der Waals surface area contributed by atoms with Gasteiger partial charge in [0, 0.05) is 11.8 Å². The molecule has 0 atom stereocenters. The van der Waals surface area contributed by atoms with Gasteiger partial charge in [-0.1, -0.05) is 17.7 Å². The van der Waals surface area contributed by atoms with Crippen molar-refractivity contribution in [2.24, 2.45) is 0 Å². The van der Waals surface area contributed by atoms with Gasteiger partial charge in [-0.15, -0.1) is 0 Å². The smallest absolute Gasteiger partial charge is 0.418 e. The Bertz CT molecular complexity index is 644. The number of aromatic nitrogens is 1. The second kappa shape index (κ2) is 5.29. The average molecular weight is 296 g/mol. The maximum absolute atomic E-state index is 13.5. The number of nitrogens with zero attached hydrogens (tertiary/aromatic N) is 1. The minimum atomic E-state index is -0.593. The zero-order valence-electron chi connectivity index (χ0n) is 11.5. The molecule has 0 bridgehead atoms. The second-order valence-corrected chi connectivity index (χ2v) is 5.78. The number of rotatable bonds is 1. The van der Waals surface area contributed by atoms with Gasteiger partial charge in [0.25, 0.3) is 0 Å². The van der Waals surface area contributed by atoms with Gasteiger partial charge in [-0.3, -0.25) is 4.57 Å². The quantitative estimate of drug-likeness (QED) is 0.761. The molecule has 0 aliphatic heterocycles. The van der Waals surface area contributed by atoms with Crippen LogP contribution in [0.4, 0.5) is 9.18 Å². The number of benzene rings is 1. The predicted octanol–water partition coefficient (Wildman–Crippen LogP) is 4.73. The predicted molar refractivity (Wildman–Crippen MR) is 76.5 cm³/mol. The molecule has 0 amide bonds.